The lowest BCUT2D eigenvalue weighted by atomic mass is 10.2. The van der Waals surface area contributed by atoms with Gasteiger partial charge in [0.2, 0.25) is 5.91 Å². The molecule has 1 N–H and O–H groups in total. The van der Waals surface area contributed by atoms with Crippen LogP contribution in [-0.2, 0) is 14.6 Å². The Morgan fingerprint density at radius 1 is 1.07 bits per heavy atom. The lowest BCUT2D eigenvalue weighted by Crippen LogP contribution is -2.38. The number of sulfone groups is 1. The molecule has 0 atom stereocenters. The first-order chi connectivity index (χ1) is 12.6. The highest BCUT2D eigenvalue weighted by Gasteiger charge is 2.20. The van der Waals surface area contributed by atoms with Crippen molar-refractivity contribution in [3.63, 3.8) is 0 Å². The molecule has 2 amide bonds. The Kier molecular flexibility index (Phi) is 6.86. The Hall–Kier alpha value is -2.09. The maximum absolute atomic E-state index is 12.7. The van der Waals surface area contributed by atoms with E-state index in [9.17, 15) is 18.0 Å². The zero-order valence-electron chi connectivity index (χ0n) is 14.7. The van der Waals surface area contributed by atoms with Crippen LogP contribution in [0.3, 0.4) is 0 Å². The summed E-state index contributed by atoms with van der Waals surface area (Å²) in [4.78, 5) is 26.3. The minimum Gasteiger partial charge on any atom is -0.330 e. The van der Waals surface area contributed by atoms with Gasteiger partial charge >= 0.3 is 0 Å². The number of halogens is 2. The van der Waals surface area contributed by atoms with Gasteiger partial charge in [-0.3, -0.25) is 9.59 Å². The number of nitrogens with zero attached hydrogens (tertiary/aromatic N) is 1. The van der Waals surface area contributed by atoms with E-state index in [2.05, 4.69) is 5.32 Å². The fraction of sp³-hybridized carbons (Fsp3) is 0.222. The average Bonchev–Trinajstić information content (AvgIpc) is 2.61. The molecule has 2 rings (SSSR count). The molecule has 0 saturated heterocycles. The third-order valence-electron chi connectivity index (χ3n) is 3.74. The van der Waals surface area contributed by atoms with E-state index >= 15 is 0 Å². The zero-order valence-corrected chi connectivity index (χ0v) is 17.0. The molecule has 0 fully saturated rings. The number of carbonyl (C=O) groups is 2. The van der Waals surface area contributed by atoms with Crippen LogP contribution in [0.15, 0.2) is 47.4 Å². The van der Waals surface area contributed by atoms with E-state index in [1.54, 1.807) is 25.1 Å². The third kappa shape index (κ3) is 5.45. The van der Waals surface area contributed by atoms with Gasteiger partial charge in [0.05, 0.1) is 20.6 Å². The first-order valence-electron chi connectivity index (χ1n) is 7.96. The summed E-state index contributed by atoms with van der Waals surface area (Å²) in [5.41, 5.74) is 0.455. The summed E-state index contributed by atoms with van der Waals surface area (Å²) in [6, 6.07) is 10.5. The van der Waals surface area contributed by atoms with Crippen molar-refractivity contribution in [1.82, 2.24) is 4.90 Å². The number of rotatable bonds is 6. The van der Waals surface area contributed by atoms with Crippen LogP contribution in [0.5, 0.6) is 0 Å². The molecular weight excluding hydrogens is 411 g/mol. The number of para-hydroxylation sites is 1. The Balaban J connectivity index is 2.17. The predicted octanol–water partition coefficient (Wildman–Crippen LogP) is 3.50. The molecule has 0 heterocycles. The van der Waals surface area contributed by atoms with E-state index in [0.29, 0.717) is 0 Å². The normalized spacial score (nSPS) is 11.1. The van der Waals surface area contributed by atoms with Crippen LogP contribution in [0, 0.1) is 0 Å². The molecule has 0 saturated carbocycles. The minimum absolute atomic E-state index is 0.0386. The first kappa shape index (κ1) is 21.2. The standard InChI is InChI=1S/C18H18Cl2N2O4S/c1-3-22(11-16(23)21-17-14(19)8-5-9-15(17)20)18(24)12-6-4-7-13(10-12)27(2,25)26/h4-10H,3,11H2,1-2H3,(H,21,23). The van der Waals surface area contributed by atoms with E-state index < -0.39 is 21.7 Å². The maximum atomic E-state index is 12.7. The molecule has 144 valence electrons. The SMILES string of the molecule is CCN(CC(=O)Nc1c(Cl)cccc1Cl)C(=O)c1cccc(S(C)(=O)=O)c1. The molecule has 0 unspecified atom stereocenters. The van der Waals surface area contributed by atoms with E-state index in [0.717, 1.165) is 6.26 Å². The van der Waals surface area contributed by atoms with Gasteiger partial charge in [0, 0.05) is 18.4 Å². The molecule has 9 heteroatoms. The lowest BCUT2D eigenvalue weighted by Gasteiger charge is -2.21. The number of benzene rings is 2. The number of nitrogens with one attached hydrogen (secondary N) is 1. The molecule has 27 heavy (non-hydrogen) atoms. The molecule has 0 aliphatic heterocycles. The second kappa shape index (κ2) is 8.73. The van der Waals surface area contributed by atoms with Crippen molar-refractivity contribution in [2.24, 2.45) is 0 Å². The molecule has 2 aromatic rings. The van der Waals surface area contributed by atoms with E-state index in [1.807, 2.05) is 0 Å². The van der Waals surface area contributed by atoms with Gasteiger partial charge < -0.3 is 10.2 Å². The van der Waals surface area contributed by atoms with Crippen molar-refractivity contribution in [2.45, 2.75) is 11.8 Å². The summed E-state index contributed by atoms with van der Waals surface area (Å²) in [6.45, 7) is 1.74. The van der Waals surface area contributed by atoms with Gasteiger partial charge in [-0.25, -0.2) is 8.42 Å². The van der Waals surface area contributed by atoms with Gasteiger partial charge in [0.25, 0.3) is 5.91 Å². The number of anilines is 1. The molecule has 0 radical (unpaired) electrons. The third-order valence-corrected chi connectivity index (χ3v) is 5.48. The monoisotopic (exact) mass is 428 g/mol. The Bertz CT molecular complexity index is 957. The van der Waals surface area contributed by atoms with E-state index in [4.69, 9.17) is 23.2 Å². The highest BCUT2D eigenvalue weighted by atomic mass is 35.5. The van der Waals surface area contributed by atoms with Crippen molar-refractivity contribution in [2.75, 3.05) is 24.7 Å². The van der Waals surface area contributed by atoms with Gasteiger partial charge in [-0.1, -0.05) is 35.3 Å². The summed E-state index contributed by atoms with van der Waals surface area (Å²) in [5, 5.41) is 3.16. The fourth-order valence-electron chi connectivity index (χ4n) is 2.34. The summed E-state index contributed by atoms with van der Waals surface area (Å²) in [7, 11) is -3.44. The maximum Gasteiger partial charge on any atom is 0.254 e. The summed E-state index contributed by atoms with van der Waals surface area (Å²) >= 11 is 12.1. The summed E-state index contributed by atoms with van der Waals surface area (Å²) in [6.07, 6.45) is 1.06. The molecule has 0 spiro atoms. The van der Waals surface area contributed by atoms with Crippen LogP contribution >= 0.6 is 23.2 Å². The molecule has 0 bridgehead atoms. The quantitative estimate of drug-likeness (QED) is 0.762. The van der Waals surface area contributed by atoms with Crippen LogP contribution in [0.25, 0.3) is 0 Å². The number of likely N-dealkylation sites (N-methyl/N-ethyl adjacent to an activating group) is 1. The zero-order chi connectivity index (χ0) is 20.2. The smallest absolute Gasteiger partial charge is 0.254 e. The van der Waals surface area contributed by atoms with Crippen LogP contribution in [0.1, 0.15) is 17.3 Å². The Morgan fingerprint density at radius 3 is 2.22 bits per heavy atom. The molecular formula is C18H18Cl2N2O4S. The number of hydrogen-bond acceptors (Lipinski definition) is 4. The van der Waals surface area contributed by atoms with Gasteiger partial charge in [0.15, 0.2) is 9.84 Å². The van der Waals surface area contributed by atoms with Crippen molar-refractivity contribution in [3.8, 4) is 0 Å². The van der Waals surface area contributed by atoms with Crippen LogP contribution < -0.4 is 5.32 Å². The molecule has 0 aliphatic carbocycles. The molecule has 0 aliphatic rings. The number of hydrogen-bond donors (Lipinski definition) is 1. The molecule has 0 aromatic heterocycles. The Labute approximate surface area is 168 Å². The lowest BCUT2D eigenvalue weighted by molar-refractivity contribution is -0.116. The second-order valence-electron chi connectivity index (χ2n) is 5.76. The molecule has 2 aromatic carbocycles. The largest absolute Gasteiger partial charge is 0.330 e. The van der Waals surface area contributed by atoms with Crippen molar-refractivity contribution >= 4 is 50.5 Å². The highest BCUT2D eigenvalue weighted by Crippen LogP contribution is 2.29. The van der Waals surface area contributed by atoms with Crippen molar-refractivity contribution in [3.05, 3.63) is 58.1 Å². The van der Waals surface area contributed by atoms with Crippen LogP contribution in [0.4, 0.5) is 5.69 Å². The first-order valence-corrected chi connectivity index (χ1v) is 10.6. The van der Waals surface area contributed by atoms with Gasteiger partial charge in [-0.05, 0) is 37.3 Å². The summed E-state index contributed by atoms with van der Waals surface area (Å²) in [5.74, 6) is -0.928. The average molecular weight is 429 g/mol. The van der Waals surface area contributed by atoms with Crippen molar-refractivity contribution in [1.29, 1.82) is 0 Å². The predicted molar refractivity (Wildman–Crippen MR) is 106 cm³/mol. The van der Waals surface area contributed by atoms with E-state index in [-0.39, 0.29) is 39.3 Å². The topological polar surface area (TPSA) is 83.6 Å². The molecule has 6 nitrogen and oxygen atoms in total. The van der Waals surface area contributed by atoms with Crippen LogP contribution in [-0.4, -0.2) is 44.5 Å². The Morgan fingerprint density at radius 2 is 1.67 bits per heavy atom. The highest BCUT2D eigenvalue weighted by molar-refractivity contribution is 7.90. The number of amides is 2. The second-order valence-corrected chi connectivity index (χ2v) is 8.59. The number of carbonyl (C=O) groups excluding carboxylic acids is 2. The van der Waals surface area contributed by atoms with Crippen molar-refractivity contribution < 1.29 is 18.0 Å². The minimum atomic E-state index is -3.44. The van der Waals surface area contributed by atoms with Crippen LogP contribution in [0.2, 0.25) is 10.0 Å². The van der Waals surface area contributed by atoms with Gasteiger partial charge in [0.1, 0.15) is 6.54 Å². The van der Waals surface area contributed by atoms with Gasteiger partial charge in [-0.2, -0.15) is 0 Å². The van der Waals surface area contributed by atoms with E-state index in [1.165, 1.54) is 29.2 Å². The summed E-state index contributed by atoms with van der Waals surface area (Å²) < 4.78 is 23.4. The van der Waals surface area contributed by atoms with Gasteiger partial charge in [-0.15, -0.1) is 0 Å². The fourth-order valence-corrected chi connectivity index (χ4v) is 3.50.